The number of hydrogen-bond acceptors (Lipinski definition) is 4. The van der Waals surface area contributed by atoms with Crippen LogP contribution in [0.4, 0.5) is 11.4 Å². The monoisotopic (exact) mass is 328 g/mol. The van der Waals surface area contributed by atoms with Crippen molar-refractivity contribution in [2.75, 3.05) is 6.79 Å². The van der Waals surface area contributed by atoms with Crippen LogP contribution in [0.3, 0.4) is 0 Å². The van der Waals surface area contributed by atoms with Crippen LogP contribution in [-0.2, 0) is 0 Å². The van der Waals surface area contributed by atoms with E-state index in [-0.39, 0.29) is 6.79 Å². The fourth-order valence-electron chi connectivity index (χ4n) is 2.55. The van der Waals surface area contributed by atoms with Crippen LogP contribution < -0.4 is 9.47 Å². The maximum absolute atomic E-state index is 5.79. The minimum atomic E-state index is 0.114. The number of hydrogen-bond donors (Lipinski definition) is 0. The molecule has 1 heterocycles. The highest BCUT2D eigenvalue weighted by Gasteiger charge is 2.06. The summed E-state index contributed by atoms with van der Waals surface area (Å²) in [6.45, 7) is 0.114. The van der Waals surface area contributed by atoms with E-state index in [2.05, 4.69) is 9.98 Å². The zero-order chi connectivity index (χ0) is 16.9. The van der Waals surface area contributed by atoms with Gasteiger partial charge >= 0.3 is 0 Å². The number of rotatable bonds is 0. The zero-order valence-electron chi connectivity index (χ0n) is 13.5. The van der Waals surface area contributed by atoms with Gasteiger partial charge in [0.2, 0.25) is 6.79 Å². The molecule has 0 aliphatic carbocycles. The molecule has 0 N–H and O–H groups in total. The third-order valence-electron chi connectivity index (χ3n) is 3.83. The molecule has 3 aromatic carbocycles. The third-order valence-corrected chi connectivity index (χ3v) is 3.83. The first kappa shape index (κ1) is 15.1. The first-order valence-corrected chi connectivity index (χ1v) is 8.01. The molecule has 0 fully saturated rings. The molecule has 0 radical (unpaired) electrons. The van der Waals surface area contributed by atoms with Crippen LogP contribution >= 0.6 is 0 Å². The molecule has 0 saturated carbocycles. The second-order valence-electron chi connectivity index (χ2n) is 5.49. The SMILES string of the molecule is C1=Nc2ccccc2N=Cc2ccccc2OCOc2ccccc21. The van der Waals surface area contributed by atoms with Gasteiger partial charge in [0.1, 0.15) is 11.5 Å². The van der Waals surface area contributed by atoms with Crippen molar-refractivity contribution in [3.8, 4) is 11.5 Å². The van der Waals surface area contributed by atoms with Crippen molar-refractivity contribution in [3.05, 3.63) is 83.9 Å². The molecule has 3 aromatic rings. The molecule has 0 amide bonds. The van der Waals surface area contributed by atoms with Gasteiger partial charge in [-0.05, 0) is 36.4 Å². The van der Waals surface area contributed by atoms with E-state index in [9.17, 15) is 0 Å². The number of aliphatic imine (C=N–C) groups is 2. The quantitative estimate of drug-likeness (QED) is 0.588. The summed E-state index contributed by atoms with van der Waals surface area (Å²) in [5.74, 6) is 1.45. The molecule has 1 aliphatic heterocycles. The molecule has 0 spiro atoms. The van der Waals surface area contributed by atoms with Gasteiger partial charge in [-0.15, -0.1) is 0 Å². The summed E-state index contributed by atoms with van der Waals surface area (Å²) < 4.78 is 11.6. The molecule has 0 aromatic heterocycles. The van der Waals surface area contributed by atoms with Gasteiger partial charge in [0.25, 0.3) is 0 Å². The molecular formula is C21H16N2O2. The van der Waals surface area contributed by atoms with Gasteiger partial charge in [-0.1, -0.05) is 36.4 Å². The van der Waals surface area contributed by atoms with Gasteiger partial charge in [0, 0.05) is 23.6 Å². The lowest BCUT2D eigenvalue weighted by Gasteiger charge is -2.11. The lowest BCUT2D eigenvalue weighted by molar-refractivity contribution is 0.119. The Bertz CT molecular complexity index is 871. The molecular weight excluding hydrogens is 312 g/mol. The second-order valence-corrected chi connectivity index (χ2v) is 5.49. The van der Waals surface area contributed by atoms with E-state index >= 15 is 0 Å². The molecule has 0 bridgehead atoms. The molecule has 4 nitrogen and oxygen atoms in total. The van der Waals surface area contributed by atoms with Crippen LogP contribution in [0.5, 0.6) is 11.5 Å². The first-order chi connectivity index (χ1) is 12.4. The highest BCUT2D eigenvalue weighted by atomic mass is 16.7. The minimum absolute atomic E-state index is 0.114. The van der Waals surface area contributed by atoms with E-state index in [0.717, 1.165) is 34.0 Å². The largest absolute Gasteiger partial charge is 0.457 e. The highest BCUT2D eigenvalue weighted by molar-refractivity contribution is 5.89. The predicted octanol–water partition coefficient (Wildman–Crippen LogP) is 4.92. The van der Waals surface area contributed by atoms with Crippen molar-refractivity contribution in [3.63, 3.8) is 0 Å². The number of benzene rings is 3. The van der Waals surface area contributed by atoms with Crippen molar-refractivity contribution in [2.45, 2.75) is 0 Å². The minimum Gasteiger partial charge on any atom is -0.457 e. The Labute approximate surface area is 146 Å². The third kappa shape index (κ3) is 3.43. The van der Waals surface area contributed by atoms with E-state index in [0.29, 0.717) is 0 Å². The summed E-state index contributed by atoms with van der Waals surface area (Å²) >= 11 is 0. The van der Waals surface area contributed by atoms with Crippen LogP contribution in [0.2, 0.25) is 0 Å². The van der Waals surface area contributed by atoms with Gasteiger partial charge in [-0.3, -0.25) is 9.98 Å². The summed E-state index contributed by atoms with van der Waals surface area (Å²) in [6.07, 6.45) is 3.57. The Morgan fingerprint density at radius 1 is 0.560 bits per heavy atom. The number of fused-ring (bicyclic) bond motifs is 3. The highest BCUT2D eigenvalue weighted by Crippen LogP contribution is 2.29. The fourth-order valence-corrected chi connectivity index (χ4v) is 2.55. The molecule has 0 unspecified atom stereocenters. The summed E-state index contributed by atoms with van der Waals surface area (Å²) in [7, 11) is 0. The summed E-state index contributed by atoms with van der Waals surface area (Å²) in [5, 5.41) is 0. The Kier molecular flexibility index (Phi) is 4.25. The van der Waals surface area contributed by atoms with Gasteiger partial charge < -0.3 is 9.47 Å². The number of ether oxygens (including phenoxy) is 2. The molecule has 25 heavy (non-hydrogen) atoms. The van der Waals surface area contributed by atoms with Crippen molar-refractivity contribution in [2.24, 2.45) is 9.98 Å². The normalized spacial score (nSPS) is 13.0. The molecule has 4 heteroatoms. The topological polar surface area (TPSA) is 43.2 Å². The Balaban J connectivity index is 1.82. The van der Waals surface area contributed by atoms with E-state index in [4.69, 9.17) is 9.47 Å². The number of nitrogens with zero attached hydrogens (tertiary/aromatic N) is 2. The summed E-state index contributed by atoms with van der Waals surface area (Å²) in [4.78, 5) is 9.18. The van der Waals surface area contributed by atoms with Crippen LogP contribution in [0, 0.1) is 0 Å². The van der Waals surface area contributed by atoms with Crippen LogP contribution in [-0.4, -0.2) is 19.2 Å². The van der Waals surface area contributed by atoms with E-state index < -0.39 is 0 Å². The number of para-hydroxylation sites is 4. The second kappa shape index (κ2) is 7.01. The van der Waals surface area contributed by atoms with Gasteiger partial charge in [0.15, 0.2) is 0 Å². The lowest BCUT2D eigenvalue weighted by Crippen LogP contribution is -2.08. The first-order valence-electron chi connectivity index (χ1n) is 8.01. The predicted molar refractivity (Wildman–Crippen MR) is 100.0 cm³/mol. The van der Waals surface area contributed by atoms with Gasteiger partial charge in [-0.25, -0.2) is 0 Å². The molecule has 122 valence electrons. The van der Waals surface area contributed by atoms with E-state index in [1.54, 1.807) is 12.4 Å². The van der Waals surface area contributed by atoms with Gasteiger partial charge in [-0.2, -0.15) is 0 Å². The van der Waals surface area contributed by atoms with Crippen LogP contribution in [0.1, 0.15) is 11.1 Å². The maximum Gasteiger partial charge on any atom is 0.230 e. The maximum atomic E-state index is 5.79. The van der Waals surface area contributed by atoms with Gasteiger partial charge in [0.05, 0.1) is 11.4 Å². The average molecular weight is 328 g/mol. The lowest BCUT2D eigenvalue weighted by atomic mass is 10.2. The average Bonchev–Trinajstić information content (AvgIpc) is 2.68. The zero-order valence-corrected chi connectivity index (χ0v) is 13.5. The molecule has 0 atom stereocenters. The summed E-state index contributed by atoms with van der Waals surface area (Å²) in [5.41, 5.74) is 3.37. The molecule has 1 aliphatic rings. The van der Waals surface area contributed by atoms with Crippen LogP contribution in [0.25, 0.3) is 0 Å². The van der Waals surface area contributed by atoms with Crippen LogP contribution in [0.15, 0.2) is 82.8 Å². The van der Waals surface area contributed by atoms with Crippen molar-refractivity contribution in [1.29, 1.82) is 0 Å². The standard InChI is InChI=1S/C21H16N2O2/c1-5-11-20-16(7-1)13-22-18-9-3-4-10-19(18)23-14-17-8-2-6-12-21(17)25-15-24-20/h1-14H,15H2. The van der Waals surface area contributed by atoms with Crippen molar-refractivity contribution >= 4 is 23.8 Å². The smallest absolute Gasteiger partial charge is 0.230 e. The van der Waals surface area contributed by atoms with Crippen molar-refractivity contribution in [1.82, 2.24) is 0 Å². The Morgan fingerprint density at radius 2 is 1.00 bits per heavy atom. The molecule has 0 saturated heterocycles. The molecule has 4 rings (SSSR count). The Morgan fingerprint density at radius 3 is 1.52 bits per heavy atom. The van der Waals surface area contributed by atoms with Crippen molar-refractivity contribution < 1.29 is 9.47 Å². The fraction of sp³-hybridized carbons (Fsp3) is 0.0476. The Hall–Kier alpha value is -3.40. The summed E-state index contributed by atoms with van der Waals surface area (Å²) in [6, 6.07) is 23.2. The van der Waals surface area contributed by atoms with E-state index in [1.807, 2.05) is 72.8 Å². The van der Waals surface area contributed by atoms with E-state index in [1.165, 1.54) is 0 Å².